The van der Waals surface area contributed by atoms with Crippen LogP contribution in [-0.4, -0.2) is 11.8 Å². The SMILES string of the molecule is Cc1c(OC(=O)c2ccccc2Br)ccc2c1O/C(=C\C=C\c1ccccc1)C2=O. The number of hydrogen-bond acceptors (Lipinski definition) is 4. The molecule has 1 aliphatic heterocycles. The first-order valence-electron chi connectivity index (χ1n) is 9.31. The lowest BCUT2D eigenvalue weighted by Crippen LogP contribution is -2.10. The summed E-state index contributed by atoms with van der Waals surface area (Å²) in [6.45, 7) is 1.76. The van der Waals surface area contributed by atoms with Crippen molar-refractivity contribution in [2.75, 3.05) is 0 Å². The molecule has 1 aliphatic rings. The molecule has 4 rings (SSSR count). The lowest BCUT2D eigenvalue weighted by molar-refractivity contribution is 0.0732. The van der Waals surface area contributed by atoms with Crippen LogP contribution in [0.1, 0.15) is 31.8 Å². The van der Waals surface area contributed by atoms with E-state index in [2.05, 4.69) is 15.9 Å². The van der Waals surface area contributed by atoms with Crippen molar-refractivity contribution in [1.29, 1.82) is 0 Å². The van der Waals surface area contributed by atoms with E-state index in [0.717, 1.165) is 5.56 Å². The van der Waals surface area contributed by atoms with Gasteiger partial charge >= 0.3 is 5.97 Å². The zero-order valence-corrected chi connectivity index (χ0v) is 17.7. The maximum Gasteiger partial charge on any atom is 0.344 e. The van der Waals surface area contributed by atoms with Crippen LogP contribution in [0.4, 0.5) is 0 Å². The van der Waals surface area contributed by atoms with Gasteiger partial charge in [-0.1, -0.05) is 54.6 Å². The predicted octanol–water partition coefficient (Wildman–Crippen LogP) is 6.15. The first-order valence-corrected chi connectivity index (χ1v) is 10.1. The molecule has 30 heavy (non-hydrogen) atoms. The third kappa shape index (κ3) is 3.98. The molecule has 148 valence electrons. The van der Waals surface area contributed by atoms with E-state index in [1.165, 1.54) is 0 Å². The van der Waals surface area contributed by atoms with Crippen molar-refractivity contribution in [2.45, 2.75) is 6.92 Å². The van der Waals surface area contributed by atoms with E-state index in [1.807, 2.05) is 42.5 Å². The van der Waals surface area contributed by atoms with Gasteiger partial charge in [-0.2, -0.15) is 0 Å². The number of rotatable bonds is 4. The zero-order chi connectivity index (χ0) is 21.1. The van der Waals surface area contributed by atoms with Gasteiger partial charge in [0, 0.05) is 10.0 Å². The maximum atomic E-state index is 12.6. The van der Waals surface area contributed by atoms with E-state index in [9.17, 15) is 9.59 Å². The summed E-state index contributed by atoms with van der Waals surface area (Å²) in [6, 6.07) is 20.0. The Morgan fingerprint density at radius 1 is 1.00 bits per heavy atom. The first kappa shape index (κ1) is 19.9. The minimum atomic E-state index is -0.489. The molecule has 0 saturated carbocycles. The molecule has 0 amide bonds. The number of allylic oxidation sites excluding steroid dienone is 3. The number of ketones is 1. The van der Waals surface area contributed by atoms with E-state index in [4.69, 9.17) is 9.47 Å². The molecule has 0 saturated heterocycles. The molecule has 5 heteroatoms. The van der Waals surface area contributed by atoms with Crippen LogP contribution in [0.15, 0.2) is 89.1 Å². The van der Waals surface area contributed by atoms with Crippen LogP contribution >= 0.6 is 15.9 Å². The number of ether oxygens (including phenoxy) is 2. The number of halogens is 1. The Morgan fingerprint density at radius 3 is 2.50 bits per heavy atom. The van der Waals surface area contributed by atoms with Crippen molar-refractivity contribution in [3.8, 4) is 11.5 Å². The number of carbonyl (C=O) groups is 2. The molecule has 0 unspecified atom stereocenters. The van der Waals surface area contributed by atoms with E-state index in [0.29, 0.717) is 32.7 Å². The van der Waals surface area contributed by atoms with Gasteiger partial charge in [0.05, 0.1) is 11.1 Å². The average molecular weight is 461 g/mol. The summed E-state index contributed by atoms with van der Waals surface area (Å²) < 4.78 is 12.0. The van der Waals surface area contributed by atoms with Crippen LogP contribution in [0.2, 0.25) is 0 Å². The fourth-order valence-corrected chi connectivity index (χ4v) is 3.53. The van der Waals surface area contributed by atoms with Crippen molar-refractivity contribution >= 4 is 33.8 Å². The van der Waals surface area contributed by atoms with Crippen molar-refractivity contribution in [2.24, 2.45) is 0 Å². The number of carbonyl (C=O) groups excluding carboxylic acids is 2. The maximum absolute atomic E-state index is 12.6. The van der Waals surface area contributed by atoms with Crippen LogP contribution in [0.5, 0.6) is 11.5 Å². The second-order valence-electron chi connectivity index (χ2n) is 6.67. The van der Waals surface area contributed by atoms with E-state index in [-0.39, 0.29) is 11.5 Å². The molecule has 4 nitrogen and oxygen atoms in total. The second-order valence-corrected chi connectivity index (χ2v) is 7.52. The summed E-state index contributed by atoms with van der Waals surface area (Å²) in [6.07, 6.45) is 5.31. The minimum absolute atomic E-state index is 0.200. The van der Waals surface area contributed by atoms with Gasteiger partial charge in [0.2, 0.25) is 5.78 Å². The highest BCUT2D eigenvalue weighted by molar-refractivity contribution is 9.10. The molecule has 0 atom stereocenters. The third-order valence-electron chi connectivity index (χ3n) is 4.67. The lowest BCUT2D eigenvalue weighted by atomic mass is 10.1. The summed E-state index contributed by atoms with van der Waals surface area (Å²) in [4.78, 5) is 25.2. The number of hydrogen-bond donors (Lipinski definition) is 0. The molecule has 0 N–H and O–H groups in total. The minimum Gasteiger partial charge on any atom is -0.452 e. The monoisotopic (exact) mass is 460 g/mol. The van der Waals surface area contributed by atoms with E-state index >= 15 is 0 Å². The van der Waals surface area contributed by atoms with Gasteiger partial charge in [0.1, 0.15) is 11.5 Å². The summed E-state index contributed by atoms with van der Waals surface area (Å²) in [5, 5.41) is 0. The van der Waals surface area contributed by atoms with Gasteiger partial charge in [-0.15, -0.1) is 0 Å². The standard InChI is InChI=1S/C25H17BrO4/c1-16-21(30-25(28)18-11-5-6-12-20(18)26)15-14-19-23(27)22(29-24(16)19)13-7-10-17-8-3-2-4-9-17/h2-15H,1H3/b10-7+,22-13-. The Bertz CT molecular complexity index is 1190. The Hall–Kier alpha value is -3.44. The Labute approximate surface area is 182 Å². The topological polar surface area (TPSA) is 52.6 Å². The summed E-state index contributed by atoms with van der Waals surface area (Å²) >= 11 is 3.35. The normalized spacial score (nSPS) is 14.1. The summed E-state index contributed by atoms with van der Waals surface area (Å²) in [5.74, 6) is 0.306. The van der Waals surface area contributed by atoms with Crippen LogP contribution in [0.25, 0.3) is 6.08 Å². The summed E-state index contributed by atoms with van der Waals surface area (Å²) in [5.41, 5.74) is 2.49. The Kier molecular flexibility index (Phi) is 5.63. The molecule has 0 fully saturated rings. The quantitative estimate of drug-likeness (QED) is 0.266. The molecule has 0 bridgehead atoms. The zero-order valence-electron chi connectivity index (χ0n) is 16.1. The van der Waals surface area contributed by atoms with Crippen molar-refractivity contribution in [3.63, 3.8) is 0 Å². The van der Waals surface area contributed by atoms with Gasteiger partial charge in [-0.3, -0.25) is 4.79 Å². The van der Waals surface area contributed by atoms with Gasteiger partial charge in [-0.05, 0) is 58.8 Å². The highest BCUT2D eigenvalue weighted by Crippen LogP contribution is 2.39. The average Bonchev–Trinajstić information content (AvgIpc) is 3.07. The van der Waals surface area contributed by atoms with Gasteiger partial charge in [0.15, 0.2) is 5.76 Å². The van der Waals surface area contributed by atoms with Crippen LogP contribution in [0, 0.1) is 6.92 Å². The fourth-order valence-electron chi connectivity index (χ4n) is 3.09. The molecule has 0 aliphatic carbocycles. The van der Waals surface area contributed by atoms with Crippen molar-refractivity contribution < 1.29 is 19.1 Å². The Morgan fingerprint density at radius 2 is 1.73 bits per heavy atom. The predicted molar refractivity (Wildman–Crippen MR) is 119 cm³/mol. The van der Waals surface area contributed by atoms with Gasteiger partial charge in [0.25, 0.3) is 0 Å². The molecular formula is C25H17BrO4. The molecule has 3 aromatic carbocycles. The second kappa shape index (κ2) is 8.51. The highest BCUT2D eigenvalue weighted by atomic mass is 79.9. The van der Waals surface area contributed by atoms with Crippen LogP contribution in [0.3, 0.4) is 0 Å². The molecular weight excluding hydrogens is 444 g/mol. The number of benzene rings is 3. The molecule has 1 heterocycles. The molecule has 3 aromatic rings. The smallest absolute Gasteiger partial charge is 0.344 e. The van der Waals surface area contributed by atoms with Gasteiger partial charge < -0.3 is 9.47 Å². The fraction of sp³-hybridized carbons (Fsp3) is 0.0400. The van der Waals surface area contributed by atoms with Crippen molar-refractivity contribution in [3.05, 3.63) is 111 Å². The third-order valence-corrected chi connectivity index (χ3v) is 5.36. The highest BCUT2D eigenvalue weighted by Gasteiger charge is 2.30. The number of esters is 1. The number of fused-ring (bicyclic) bond motifs is 1. The molecule has 0 radical (unpaired) electrons. The van der Waals surface area contributed by atoms with Crippen molar-refractivity contribution in [1.82, 2.24) is 0 Å². The van der Waals surface area contributed by atoms with Crippen LogP contribution < -0.4 is 9.47 Å². The largest absolute Gasteiger partial charge is 0.452 e. The Balaban J connectivity index is 1.56. The summed E-state index contributed by atoms with van der Waals surface area (Å²) in [7, 11) is 0. The van der Waals surface area contributed by atoms with E-state index in [1.54, 1.807) is 49.4 Å². The molecule has 0 spiro atoms. The van der Waals surface area contributed by atoms with Crippen LogP contribution in [-0.2, 0) is 0 Å². The lowest BCUT2D eigenvalue weighted by Gasteiger charge is -2.10. The van der Waals surface area contributed by atoms with Gasteiger partial charge in [-0.25, -0.2) is 4.79 Å². The first-order chi connectivity index (χ1) is 14.5. The van der Waals surface area contributed by atoms with E-state index < -0.39 is 5.97 Å². The number of Topliss-reactive ketones (excluding diaryl/α,β-unsaturated/α-hetero) is 1. The molecule has 0 aromatic heterocycles.